The van der Waals surface area contributed by atoms with E-state index in [1.54, 1.807) is 0 Å². The van der Waals surface area contributed by atoms with Gasteiger partial charge in [-0.05, 0) is 6.92 Å². The van der Waals surface area contributed by atoms with Crippen molar-refractivity contribution >= 4 is 51.2 Å². The first-order valence-corrected chi connectivity index (χ1v) is 6.27. The smallest absolute Gasteiger partial charge is 0.348 e. The number of hydrogen-bond acceptors (Lipinski definition) is 2. The number of ether oxygens (including phenoxy) is 1. The molecule has 0 aliphatic heterocycles. The van der Waals surface area contributed by atoms with E-state index in [0.29, 0.717) is 6.61 Å². The summed E-state index contributed by atoms with van der Waals surface area (Å²) in [5, 5.41) is 0. The molecular formula is C8H11I2N2O2+. The maximum atomic E-state index is 11.2. The first-order valence-electron chi connectivity index (χ1n) is 4.11. The van der Waals surface area contributed by atoms with Gasteiger partial charge in [0.15, 0.2) is 6.54 Å². The minimum absolute atomic E-state index is 0.197. The zero-order chi connectivity index (χ0) is 10.7. The molecule has 0 spiro atoms. The topological polar surface area (TPSA) is 35.1 Å². The third-order valence-electron chi connectivity index (χ3n) is 1.65. The molecule has 1 rings (SSSR count). The summed E-state index contributed by atoms with van der Waals surface area (Å²) in [7, 11) is 1.95. The number of carbonyl (C=O) groups is 1. The SMILES string of the molecule is CCOC(=O)Cn1c[n+](C)c(I)c1I. The van der Waals surface area contributed by atoms with E-state index < -0.39 is 0 Å². The van der Waals surface area contributed by atoms with Gasteiger partial charge in [-0.3, -0.25) is 0 Å². The van der Waals surface area contributed by atoms with Gasteiger partial charge < -0.3 is 4.74 Å². The van der Waals surface area contributed by atoms with Crippen molar-refractivity contribution in [3.63, 3.8) is 0 Å². The second-order valence-electron chi connectivity index (χ2n) is 2.74. The molecule has 1 aromatic rings. The van der Waals surface area contributed by atoms with Crippen LogP contribution in [0.1, 0.15) is 6.92 Å². The molecule has 0 saturated heterocycles. The summed E-state index contributed by atoms with van der Waals surface area (Å²) in [6.45, 7) is 2.52. The van der Waals surface area contributed by atoms with Gasteiger partial charge in [0, 0.05) is 45.2 Å². The van der Waals surface area contributed by atoms with Gasteiger partial charge in [0.25, 0.3) is 0 Å². The van der Waals surface area contributed by atoms with Crippen molar-refractivity contribution < 1.29 is 14.1 Å². The van der Waals surface area contributed by atoms with Crippen LogP contribution < -0.4 is 4.57 Å². The highest BCUT2D eigenvalue weighted by Crippen LogP contribution is 2.11. The van der Waals surface area contributed by atoms with Crippen molar-refractivity contribution in [3.8, 4) is 0 Å². The average Bonchev–Trinajstić information content (AvgIpc) is 2.34. The van der Waals surface area contributed by atoms with E-state index in [1.165, 1.54) is 0 Å². The number of rotatable bonds is 3. The number of carbonyl (C=O) groups excluding carboxylic acids is 1. The van der Waals surface area contributed by atoms with E-state index in [0.717, 1.165) is 7.40 Å². The van der Waals surface area contributed by atoms with Gasteiger partial charge in [0.1, 0.15) is 0 Å². The minimum Gasteiger partial charge on any atom is -0.463 e. The first kappa shape index (κ1) is 12.2. The van der Waals surface area contributed by atoms with E-state index >= 15 is 0 Å². The summed E-state index contributed by atoms with van der Waals surface area (Å²) >= 11 is 4.45. The number of aromatic nitrogens is 2. The molecule has 0 N–H and O–H groups in total. The fourth-order valence-electron chi connectivity index (χ4n) is 1.03. The summed E-state index contributed by atoms with van der Waals surface area (Å²) in [6.07, 6.45) is 1.89. The van der Waals surface area contributed by atoms with Crippen LogP contribution in [0.3, 0.4) is 0 Å². The van der Waals surface area contributed by atoms with Crippen LogP contribution >= 0.6 is 45.2 Å². The Bertz CT molecular complexity index is 349. The molecule has 14 heavy (non-hydrogen) atoms. The molecule has 0 fully saturated rings. The van der Waals surface area contributed by atoms with Crippen molar-refractivity contribution in [1.82, 2.24) is 4.57 Å². The van der Waals surface area contributed by atoms with Crippen molar-refractivity contribution in [2.75, 3.05) is 6.61 Å². The van der Waals surface area contributed by atoms with E-state index in [9.17, 15) is 4.79 Å². The predicted molar refractivity (Wildman–Crippen MR) is 67.7 cm³/mol. The minimum atomic E-state index is -0.197. The maximum absolute atomic E-state index is 11.2. The van der Waals surface area contributed by atoms with Crippen LogP contribution in [0, 0.1) is 7.40 Å². The van der Waals surface area contributed by atoms with Gasteiger partial charge in [-0.2, -0.15) is 0 Å². The van der Waals surface area contributed by atoms with Crippen molar-refractivity contribution in [2.24, 2.45) is 7.05 Å². The zero-order valence-electron chi connectivity index (χ0n) is 7.96. The Hall–Kier alpha value is 0.140. The van der Waals surface area contributed by atoms with Gasteiger partial charge in [-0.15, -0.1) is 0 Å². The Labute approximate surface area is 110 Å². The largest absolute Gasteiger partial charge is 0.463 e. The summed E-state index contributed by atoms with van der Waals surface area (Å²) in [5.74, 6) is -0.197. The number of hydrogen-bond donors (Lipinski definition) is 0. The van der Waals surface area contributed by atoms with Gasteiger partial charge >= 0.3 is 5.97 Å². The highest BCUT2D eigenvalue weighted by Gasteiger charge is 2.18. The fraction of sp³-hybridized carbons (Fsp3) is 0.500. The molecule has 0 aliphatic carbocycles. The van der Waals surface area contributed by atoms with Crippen molar-refractivity contribution in [1.29, 1.82) is 0 Å². The molecule has 0 saturated carbocycles. The first-order chi connectivity index (χ1) is 6.56. The van der Waals surface area contributed by atoms with Crippen LogP contribution in [0.15, 0.2) is 6.33 Å². The molecule has 0 aromatic carbocycles. The summed E-state index contributed by atoms with van der Waals surface area (Å²) in [4.78, 5) is 11.2. The lowest BCUT2D eigenvalue weighted by atomic mass is 10.6. The van der Waals surface area contributed by atoms with E-state index in [-0.39, 0.29) is 12.5 Å². The van der Waals surface area contributed by atoms with Gasteiger partial charge in [0.2, 0.25) is 13.7 Å². The second kappa shape index (κ2) is 5.29. The summed E-state index contributed by atoms with van der Waals surface area (Å²) in [6, 6.07) is 0. The molecule has 1 heterocycles. The third kappa shape index (κ3) is 2.81. The quantitative estimate of drug-likeness (QED) is 0.417. The number of halogens is 2. The van der Waals surface area contributed by atoms with E-state index in [2.05, 4.69) is 45.2 Å². The third-order valence-corrected chi connectivity index (χ3v) is 5.08. The Morgan fingerprint density at radius 2 is 2.29 bits per heavy atom. The Morgan fingerprint density at radius 3 is 2.71 bits per heavy atom. The standard InChI is InChI=1S/C8H11I2N2O2/c1-3-14-6(13)4-12-5-11(2)7(9)8(12)10/h5H,3-4H2,1-2H3/q+1. The van der Waals surface area contributed by atoms with Gasteiger partial charge in [0.05, 0.1) is 13.7 Å². The number of aryl methyl sites for hydroxylation is 1. The van der Waals surface area contributed by atoms with Crippen LogP contribution in [-0.2, 0) is 23.1 Å². The van der Waals surface area contributed by atoms with Crippen LogP contribution in [-0.4, -0.2) is 17.1 Å². The molecule has 0 amide bonds. The molecule has 0 atom stereocenters. The predicted octanol–water partition coefficient (Wildman–Crippen LogP) is 1.08. The molecule has 6 heteroatoms. The van der Waals surface area contributed by atoms with Crippen LogP contribution in [0.4, 0.5) is 0 Å². The Balaban J connectivity index is 2.77. The summed E-state index contributed by atoms with van der Waals surface area (Å²) in [5.41, 5.74) is 0. The molecule has 0 radical (unpaired) electrons. The molecule has 78 valence electrons. The van der Waals surface area contributed by atoms with Gasteiger partial charge in [-0.25, -0.2) is 13.9 Å². The van der Waals surface area contributed by atoms with E-state index in [1.807, 2.05) is 29.4 Å². The molecule has 0 aliphatic rings. The van der Waals surface area contributed by atoms with Gasteiger partial charge in [-0.1, -0.05) is 0 Å². The molecule has 1 aromatic heterocycles. The average molecular weight is 421 g/mol. The van der Waals surface area contributed by atoms with Crippen molar-refractivity contribution in [3.05, 3.63) is 13.7 Å². The summed E-state index contributed by atoms with van der Waals surface area (Å²) < 4.78 is 10.9. The highest BCUT2D eigenvalue weighted by atomic mass is 127. The number of nitrogens with zero attached hydrogens (tertiary/aromatic N) is 2. The van der Waals surface area contributed by atoms with E-state index in [4.69, 9.17) is 4.74 Å². The van der Waals surface area contributed by atoms with Crippen molar-refractivity contribution in [2.45, 2.75) is 13.5 Å². The number of esters is 1. The normalized spacial score (nSPS) is 10.3. The Kier molecular flexibility index (Phi) is 4.61. The fourth-order valence-corrected chi connectivity index (χ4v) is 2.14. The van der Waals surface area contributed by atoms with Crippen LogP contribution in [0.2, 0.25) is 0 Å². The van der Waals surface area contributed by atoms with Crippen LogP contribution in [0.5, 0.6) is 0 Å². The Morgan fingerprint density at radius 1 is 1.64 bits per heavy atom. The molecule has 0 unspecified atom stereocenters. The highest BCUT2D eigenvalue weighted by molar-refractivity contribution is 14.1. The molecule has 4 nitrogen and oxygen atoms in total. The zero-order valence-corrected chi connectivity index (χ0v) is 12.3. The van der Waals surface area contributed by atoms with Crippen LogP contribution in [0.25, 0.3) is 0 Å². The lowest BCUT2D eigenvalue weighted by molar-refractivity contribution is -0.683. The maximum Gasteiger partial charge on any atom is 0.348 e. The second-order valence-corrected chi connectivity index (χ2v) is 4.78. The molecular weight excluding hydrogens is 410 g/mol. The lowest BCUT2D eigenvalue weighted by Gasteiger charge is -1.98. The molecule has 0 bridgehead atoms. The monoisotopic (exact) mass is 421 g/mol. The lowest BCUT2D eigenvalue weighted by Crippen LogP contribution is -2.29. The number of imidazole rings is 1.